The Labute approximate surface area is 179 Å². The number of aromatic nitrogens is 2. The summed E-state index contributed by atoms with van der Waals surface area (Å²) in [5.74, 6) is 0.769. The first-order valence-corrected chi connectivity index (χ1v) is 9.90. The number of hydrogen-bond donors (Lipinski definition) is 2. The van der Waals surface area contributed by atoms with Crippen molar-refractivity contribution in [2.24, 2.45) is 5.73 Å². The molecule has 5 nitrogen and oxygen atoms in total. The molecule has 0 fully saturated rings. The molecular formula is C22H21Cl2N3O2. The summed E-state index contributed by atoms with van der Waals surface area (Å²) < 4.78 is 2.03. The lowest BCUT2D eigenvalue weighted by atomic mass is 10.1. The van der Waals surface area contributed by atoms with Crippen molar-refractivity contribution >= 4 is 29.1 Å². The third kappa shape index (κ3) is 5.86. The lowest BCUT2D eigenvalue weighted by Gasteiger charge is -2.05. The van der Waals surface area contributed by atoms with Crippen LogP contribution in [0.3, 0.4) is 0 Å². The molecule has 1 aromatic heterocycles. The largest absolute Gasteiger partial charge is 0.508 e. The Morgan fingerprint density at radius 1 is 1.10 bits per heavy atom. The van der Waals surface area contributed by atoms with Crippen LogP contribution in [0.1, 0.15) is 17.8 Å². The quantitative estimate of drug-likeness (QED) is 0.505. The second kappa shape index (κ2) is 9.63. The number of imidazole rings is 1. The number of amides is 1. The van der Waals surface area contributed by atoms with Gasteiger partial charge in [0.25, 0.3) is 0 Å². The maximum Gasteiger partial charge on any atom is 0.221 e. The number of benzene rings is 2. The number of carbonyl (C=O) groups excluding carboxylic acids is 1. The molecule has 3 aromatic rings. The van der Waals surface area contributed by atoms with E-state index in [0.29, 0.717) is 23.0 Å². The number of phenols is 1. The van der Waals surface area contributed by atoms with Crippen LogP contribution in [0.4, 0.5) is 0 Å². The van der Waals surface area contributed by atoms with Gasteiger partial charge in [-0.3, -0.25) is 4.79 Å². The van der Waals surface area contributed by atoms with Crippen molar-refractivity contribution in [3.05, 3.63) is 82.2 Å². The Morgan fingerprint density at radius 3 is 2.55 bits per heavy atom. The molecule has 0 aliphatic rings. The average Bonchev–Trinajstić information content (AvgIpc) is 3.07. The maximum atomic E-state index is 10.9. The standard InChI is InChI=1S/C22H21Cl2N3O2/c23-16-7-10-18(19(24)13-16)20-14-27(12-2-1-3-21(25)29)22(26-20)11-6-15-4-8-17(28)9-5-15/h1-2,4-5,7-10,13-14,28H,3,6,11-12H2,(H2,25,29). The van der Waals surface area contributed by atoms with Gasteiger partial charge in [-0.2, -0.15) is 0 Å². The number of primary amides is 1. The minimum absolute atomic E-state index is 0.202. The summed E-state index contributed by atoms with van der Waals surface area (Å²) in [6.07, 6.45) is 7.27. The number of aromatic hydroxyl groups is 1. The highest BCUT2D eigenvalue weighted by Crippen LogP contribution is 2.30. The van der Waals surface area contributed by atoms with Crippen LogP contribution in [0.5, 0.6) is 5.75 Å². The van der Waals surface area contributed by atoms with E-state index < -0.39 is 0 Å². The Morgan fingerprint density at radius 2 is 1.86 bits per heavy atom. The zero-order valence-corrected chi connectivity index (χ0v) is 17.2. The third-order valence-corrected chi connectivity index (χ3v) is 4.98. The van der Waals surface area contributed by atoms with E-state index in [-0.39, 0.29) is 18.1 Å². The Bertz CT molecular complexity index is 1030. The average molecular weight is 430 g/mol. The molecular weight excluding hydrogens is 409 g/mol. The molecule has 1 amide bonds. The van der Waals surface area contributed by atoms with Crippen molar-refractivity contribution in [1.29, 1.82) is 0 Å². The molecule has 2 aromatic carbocycles. The smallest absolute Gasteiger partial charge is 0.221 e. The third-order valence-electron chi connectivity index (χ3n) is 4.43. The topological polar surface area (TPSA) is 81.1 Å². The van der Waals surface area contributed by atoms with E-state index in [0.717, 1.165) is 29.1 Å². The van der Waals surface area contributed by atoms with Crippen LogP contribution in [0, 0.1) is 0 Å². The maximum absolute atomic E-state index is 10.9. The number of aryl methyl sites for hydroxylation is 2. The highest BCUT2D eigenvalue weighted by Gasteiger charge is 2.12. The molecule has 150 valence electrons. The van der Waals surface area contributed by atoms with Gasteiger partial charge in [-0.25, -0.2) is 4.98 Å². The molecule has 0 radical (unpaired) electrons. The van der Waals surface area contributed by atoms with Gasteiger partial charge in [0.2, 0.25) is 5.91 Å². The van der Waals surface area contributed by atoms with Gasteiger partial charge in [0, 0.05) is 36.2 Å². The summed E-state index contributed by atoms with van der Waals surface area (Å²) >= 11 is 12.4. The van der Waals surface area contributed by atoms with Gasteiger partial charge >= 0.3 is 0 Å². The van der Waals surface area contributed by atoms with E-state index in [9.17, 15) is 9.90 Å². The minimum atomic E-state index is -0.368. The minimum Gasteiger partial charge on any atom is -0.508 e. The van der Waals surface area contributed by atoms with E-state index in [1.807, 2.05) is 35.0 Å². The SMILES string of the molecule is NC(=O)CC=CCn1cc(-c2ccc(Cl)cc2Cl)nc1CCc1ccc(O)cc1. The highest BCUT2D eigenvalue weighted by atomic mass is 35.5. The zero-order valence-electron chi connectivity index (χ0n) is 15.7. The highest BCUT2D eigenvalue weighted by molar-refractivity contribution is 6.36. The molecule has 3 N–H and O–H groups in total. The molecule has 1 heterocycles. The lowest BCUT2D eigenvalue weighted by molar-refractivity contribution is -0.117. The Hall–Kier alpha value is -2.76. The van der Waals surface area contributed by atoms with Crippen molar-refractivity contribution in [2.45, 2.75) is 25.8 Å². The summed E-state index contributed by atoms with van der Waals surface area (Å²) in [6.45, 7) is 0.566. The first-order valence-electron chi connectivity index (χ1n) is 9.15. The number of rotatable bonds is 8. The summed E-state index contributed by atoms with van der Waals surface area (Å²) in [5, 5.41) is 10.5. The number of hydrogen-bond acceptors (Lipinski definition) is 3. The molecule has 0 atom stereocenters. The van der Waals surface area contributed by atoms with Gasteiger partial charge in [-0.05, 0) is 42.3 Å². The fourth-order valence-electron chi connectivity index (χ4n) is 2.95. The van der Waals surface area contributed by atoms with Crippen LogP contribution in [-0.4, -0.2) is 20.6 Å². The van der Waals surface area contributed by atoms with E-state index in [1.54, 1.807) is 30.3 Å². The second-order valence-electron chi connectivity index (χ2n) is 6.63. The van der Waals surface area contributed by atoms with Crippen LogP contribution in [0.25, 0.3) is 11.3 Å². The van der Waals surface area contributed by atoms with Crippen LogP contribution in [0.2, 0.25) is 10.0 Å². The molecule has 0 aliphatic heterocycles. The van der Waals surface area contributed by atoms with Gasteiger partial charge in [0.05, 0.1) is 10.7 Å². The monoisotopic (exact) mass is 429 g/mol. The van der Waals surface area contributed by atoms with E-state index in [1.165, 1.54) is 0 Å². The van der Waals surface area contributed by atoms with Crippen molar-refractivity contribution < 1.29 is 9.90 Å². The molecule has 0 saturated heterocycles. The normalized spacial score (nSPS) is 11.2. The van der Waals surface area contributed by atoms with E-state index in [2.05, 4.69) is 0 Å². The molecule has 0 spiro atoms. The molecule has 0 aliphatic carbocycles. The summed E-state index contributed by atoms with van der Waals surface area (Å²) in [6, 6.07) is 12.5. The summed E-state index contributed by atoms with van der Waals surface area (Å²) in [5.41, 5.74) is 7.85. The number of nitrogens with two attached hydrogens (primary N) is 1. The summed E-state index contributed by atoms with van der Waals surface area (Å²) in [7, 11) is 0. The zero-order chi connectivity index (χ0) is 20.8. The van der Waals surface area contributed by atoms with Crippen molar-refractivity contribution in [3.63, 3.8) is 0 Å². The molecule has 0 bridgehead atoms. The van der Waals surface area contributed by atoms with Gasteiger partial charge in [-0.15, -0.1) is 0 Å². The van der Waals surface area contributed by atoms with E-state index >= 15 is 0 Å². The number of phenolic OH excluding ortho intramolecular Hbond substituents is 1. The predicted octanol–water partition coefficient (Wildman–Crippen LogP) is 4.78. The van der Waals surface area contributed by atoms with Gasteiger partial charge in [-0.1, -0.05) is 47.5 Å². The van der Waals surface area contributed by atoms with Crippen LogP contribution in [-0.2, 0) is 24.2 Å². The molecule has 0 unspecified atom stereocenters. The van der Waals surface area contributed by atoms with Gasteiger partial charge in [0.1, 0.15) is 11.6 Å². The molecule has 3 rings (SSSR count). The van der Waals surface area contributed by atoms with Crippen molar-refractivity contribution in [3.8, 4) is 17.0 Å². The summed E-state index contributed by atoms with van der Waals surface area (Å²) in [4.78, 5) is 15.7. The molecule has 7 heteroatoms. The van der Waals surface area contributed by atoms with Crippen molar-refractivity contribution in [1.82, 2.24) is 9.55 Å². The number of nitrogens with zero attached hydrogens (tertiary/aromatic N) is 2. The lowest BCUT2D eigenvalue weighted by Crippen LogP contribution is -2.08. The van der Waals surface area contributed by atoms with Crippen LogP contribution >= 0.6 is 23.2 Å². The number of halogens is 2. The van der Waals surface area contributed by atoms with E-state index in [4.69, 9.17) is 33.9 Å². The fraction of sp³-hybridized carbons (Fsp3) is 0.182. The fourth-order valence-corrected chi connectivity index (χ4v) is 3.45. The number of allylic oxidation sites excluding steroid dienone is 1. The predicted molar refractivity (Wildman–Crippen MR) is 116 cm³/mol. The number of carbonyl (C=O) groups is 1. The second-order valence-corrected chi connectivity index (χ2v) is 7.47. The van der Waals surface area contributed by atoms with Crippen LogP contribution < -0.4 is 5.73 Å². The molecule has 0 saturated carbocycles. The Kier molecular flexibility index (Phi) is 6.96. The van der Waals surface area contributed by atoms with Crippen molar-refractivity contribution in [2.75, 3.05) is 0 Å². The Balaban J connectivity index is 1.84. The van der Waals surface area contributed by atoms with Crippen LogP contribution in [0.15, 0.2) is 60.8 Å². The first-order chi connectivity index (χ1) is 13.9. The van der Waals surface area contributed by atoms with Gasteiger partial charge < -0.3 is 15.4 Å². The molecule has 29 heavy (non-hydrogen) atoms. The first kappa shape index (κ1) is 21.0. The van der Waals surface area contributed by atoms with Gasteiger partial charge in [0.15, 0.2) is 0 Å².